The van der Waals surface area contributed by atoms with Crippen molar-refractivity contribution in [3.63, 3.8) is 0 Å². The standard InChI is InChI=1S/C21H33N3O/c1-17-11-13-23(20(25)19-10-6-7-12-21(19,2)22)14-15-24(17)16-18-8-4-3-5-9-18/h3-5,8-9,17,19H,6-7,10-16,22H2,1-2H3. The van der Waals surface area contributed by atoms with Crippen LogP contribution in [0.15, 0.2) is 30.3 Å². The monoisotopic (exact) mass is 343 g/mol. The van der Waals surface area contributed by atoms with Crippen LogP contribution in [0.2, 0.25) is 0 Å². The molecular weight excluding hydrogens is 310 g/mol. The second-order valence-electron chi connectivity index (χ2n) is 8.22. The molecule has 1 aliphatic heterocycles. The van der Waals surface area contributed by atoms with Crippen molar-refractivity contribution < 1.29 is 4.79 Å². The van der Waals surface area contributed by atoms with E-state index in [0.717, 1.165) is 58.3 Å². The highest BCUT2D eigenvalue weighted by Gasteiger charge is 2.40. The predicted molar refractivity (Wildman–Crippen MR) is 102 cm³/mol. The first-order chi connectivity index (χ1) is 12.0. The van der Waals surface area contributed by atoms with Gasteiger partial charge in [0.2, 0.25) is 5.91 Å². The second kappa shape index (κ2) is 7.88. The van der Waals surface area contributed by atoms with Crippen LogP contribution in [0.1, 0.15) is 51.5 Å². The fourth-order valence-corrected chi connectivity index (χ4v) is 4.36. The predicted octanol–water partition coefficient (Wildman–Crippen LogP) is 3.02. The lowest BCUT2D eigenvalue weighted by Gasteiger charge is -2.39. The summed E-state index contributed by atoms with van der Waals surface area (Å²) in [4.78, 5) is 17.7. The third-order valence-electron chi connectivity index (χ3n) is 6.19. The van der Waals surface area contributed by atoms with Gasteiger partial charge in [0.15, 0.2) is 0 Å². The van der Waals surface area contributed by atoms with Crippen molar-refractivity contribution in [2.24, 2.45) is 11.7 Å². The van der Waals surface area contributed by atoms with Gasteiger partial charge >= 0.3 is 0 Å². The van der Waals surface area contributed by atoms with Crippen LogP contribution >= 0.6 is 0 Å². The molecule has 2 N–H and O–H groups in total. The number of benzene rings is 1. The summed E-state index contributed by atoms with van der Waals surface area (Å²) in [6, 6.07) is 11.1. The Labute approximate surface area is 152 Å². The van der Waals surface area contributed by atoms with Gasteiger partial charge in [-0.3, -0.25) is 9.69 Å². The molecule has 1 saturated carbocycles. The summed E-state index contributed by atoms with van der Waals surface area (Å²) in [5.41, 5.74) is 7.47. The molecule has 2 aliphatic rings. The molecule has 3 atom stereocenters. The maximum atomic E-state index is 13.1. The van der Waals surface area contributed by atoms with Crippen molar-refractivity contribution in [3.8, 4) is 0 Å². The maximum Gasteiger partial charge on any atom is 0.227 e. The fraction of sp³-hybridized carbons (Fsp3) is 0.667. The molecule has 1 saturated heterocycles. The summed E-state index contributed by atoms with van der Waals surface area (Å²) >= 11 is 0. The van der Waals surface area contributed by atoms with Gasteiger partial charge in [0.05, 0.1) is 5.92 Å². The van der Waals surface area contributed by atoms with E-state index < -0.39 is 0 Å². The number of hydrogen-bond acceptors (Lipinski definition) is 3. The Morgan fingerprint density at radius 3 is 2.64 bits per heavy atom. The lowest BCUT2D eigenvalue weighted by Crippen LogP contribution is -2.54. The molecule has 2 fully saturated rings. The Hall–Kier alpha value is -1.39. The maximum absolute atomic E-state index is 13.1. The summed E-state index contributed by atoms with van der Waals surface area (Å²) in [7, 11) is 0. The van der Waals surface area contributed by atoms with Crippen LogP contribution in [0.5, 0.6) is 0 Å². The first kappa shape index (κ1) is 18.4. The Morgan fingerprint density at radius 2 is 1.92 bits per heavy atom. The Kier molecular flexibility index (Phi) is 5.80. The number of carbonyl (C=O) groups excluding carboxylic acids is 1. The molecular formula is C21H33N3O. The molecule has 1 aromatic rings. The van der Waals surface area contributed by atoms with Crippen LogP contribution in [0.3, 0.4) is 0 Å². The average Bonchev–Trinajstić information content (AvgIpc) is 2.77. The van der Waals surface area contributed by atoms with Crippen LogP contribution < -0.4 is 5.73 Å². The molecule has 138 valence electrons. The van der Waals surface area contributed by atoms with Gasteiger partial charge in [0.1, 0.15) is 0 Å². The third kappa shape index (κ3) is 4.42. The van der Waals surface area contributed by atoms with Crippen molar-refractivity contribution in [2.45, 2.75) is 64.1 Å². The minimum atomic E-state index is -0.336. The van der Waals surface area contributed by atoms with E-state index in [-0.39, 0.29) is 11.5 Å². The smallest absolute Gasteiger partial charge is 0.227 e. The highest BCUT2D eigenvalue weighted by atomic mass is 16.2. The molecule has 0 aromatic heterocycles. The normalized spacial score (nSPS) is 31.6. The fourth-order valence-electron chi connectivity index (χ4n) is 4.36. The van der Waals surface area contributed by atoms with Gasteiger partial charge in [-0.05, 0) is 38.7 Å². The van der Waals surface area contributed by atoms with Crippen molar-refractivity contribution in [3.05, 3.63) is 35.9 Å². The first-order valence-corrected chi connectivity index (χ1v) is 9.83. The van der Waals surface area contributed by atoms with E-state index in [1.807, 2.05) is 0 Å². The summed E-state index contributed by atoms with van der Waals surface area (Å²) in [6.45, 7) is 7.93. The molecule has 0 bridgehead atoms. The minimum Gasteiger partial charge on any atom is -0.341 e. The first-order valence-electron chi connectivity index (χ1n) is 9.83. The summed E-state index contributed by atoms with van der Waals surface area (Å²) in [5, 5.41) is 0. The number of amides is 1. The number of nitrogens with two attached hydrogens (primary N) is 1. The van der Waals surface area contributed by atoms with E-state index in [9.17, 15) is 4.79 Å². The zero-order chi connectivity index (χ0) is 17.9. The molecule has 0 radical (unpaired) electrons. The number of hydrogen-bond donors (Lipinski definition) is 1. The van der Waals surface area contributed by atoms with Gasteiger partial charge in [-0.2, -0.15) is 0 Å². The molecule has 0 spiro atoms. The minimum absolute atomic E-state index is 0.00257. The lowest BCUT2D eigenvalue weighted by molar-refractivity contribution is -0.138. The molecule has 1 heterocycles. The van der Waals surface area contributed by atoms with Gasteiger partial charge < -0.3 is 10.6 Å². The van der Waals surface area contributed by atoms with Crippen LogP contribution in [0.25, 0.3) is 0 Å². The zero-order valence-electron chi connectivity index (χ0n) is 15.8. The molecule has 1 aromatic carbocycles. The van der Waals surface area contributed by atoms with E-state index in [2.05, 4.69) is 54.0 Å². The highest BCUT2D eigenvalue weighted by Crippen LogP contribution is 2.33. The summed E-state index contributed by atoms with van der Waals surface area (Å²) in [5.74, 6) is 0.288. The number of rotatable bonds is 3. The Bertz CT molecular complexity index is 572. The van der Waals surface area contributed by atoms with Gasteiger partial charge in [-0.1, -0.05) is 43.2 Å². The summed E-state index contributed by atoms with van der Waals surface area (Å²) < 4.78 is 0. The molecule has 1 amide bonds. The van der Waals surface area contributed by atoms with Crippen LogP contribution in [-0.4, -0.2) is 46.9 Å². The summed E-state index contributed by atoms with van der Waals surface area (Å²) in [6.07, 6.45) is 5.23. The van der Waals surface area contributed by atoms with Gasteiger partial charge in [-0.25, -0.2) is 0 Å². The van der Waals surface area contributed by atoms with Crippen LogP contribution in [0, 0.1) is 5.92 Å². The van der Waals surface area contributed by atoms with E-state index in [1.54, 1.807) is 0 Å². The third-order valence-corrected chi connectivity index (χ3v) is 6.19. The molecule has 3 rings (SSSR count). The molecule has 3 unspecified atom stereocenters. The second-order valence-corrected chi connectivity index (χ2v) is 8.22. The van der Waals surface area contributed by atoms with E-state index >= 15 is 0 Å². The quantitative estimate of drug-likeness (QED) is 0.918. The van der Waals surface area contributed by atoms with Crippen LogP contribution in [-0.2, 0) is 11.3 Å². The van der Waals surface area contributed by atoms with Crippen molar-refractivity contribution in [1.29, 1.82) is 0 Å². The topological polar surface area (TPSA) is 49.6 Å². The highest BCUT2D eigenvalue weighted by molar-refractivity contribution is 5.80. The molecule has 4 nitrogen and oxygen atoms in total. The van der Waals surface area contributed by atoms with E-state index in [1.165, 1.54) is 5.56 Å². The van der Waals surface area contributed by atoms with Crippen molar-refractivity contribution in [1.82, 2.24) is 9.80 Å². The zero-order valence-corrected chi connectivity index (χ0v) is 15.8. The molecule has 1 aliphatic carbocycles. The largest absolute Gasteiger partial charge is 0.341 e. The number of carbonyl (C=O) groups is 1. The Balaban J connectivity index is 1.63. The Morgan fingerprint density at radius 1 is 1.16 bits per heavy atom. The van der Waals surface area contributed by atoms with Crippen LogP contribution in [0.4, 0.5) is 0 Å². The van der Waals surface area contributed by atoms with Gasteiger partial charge in [0, 0.05) is 37.8 Å². The number of nitrogens with zero attached hydrogens (tertiary/aromatic N) is 2. The molecule has 25 heavy (non-hydrogen) atoms. The van der Waals surface area contributed by atoms with Gasteiger partial charge in [-0.15, -0.1) is 0 Å². The lowest BCUT2D eigenvalue weighted by atomic mass is 9.74. The van der Waals surface area contributed by atoms with Crippen molar-refractivity contribution >= 4 is 5.91 Å². The SMILES string of the molecule is CC1CCN(C(=O)C2CCCCC2(C)N)CCN1Cc1ccccc1. The van der Waals surface area contributed by atoms with E-state index in [4.69, 9.17) is 5.73 Å². The van der Waals surface area contributed by atoms with E-state index in [0.29, 0.717) is 11.9 Å². The molecule has 4 heteroatoms. The average molecular weight is 344 g/mol. The van der Waals surface area contributed by atoms with Gasteiger partial charge in [0.25, 0.3) is 0 Å². The van der Waals surface area contributed by atoms with Crippen molar-refractivity contribution in [2.75, 3.05) is 19.6 Å².